The van der Waals surface area contributed by atoms with Crippen LogP contribution in [0.25, 0.3) is 0 Å². The summed E-state index contributed by atoms with van der Waals surface area (Å²) in [5.41, 5.74) is -1.37. The van der Waals surface area contributed by atoms with E-state index in [4.69, 9.17) is 14.2 Å². The average molecular weight is 727 g/mol. The fourth-order valence-electron chi connectivity index (χ4n) is 8.53. The second kappa shape index (κ2) is 13.1. The predicted octanol–water partition coefficient (Wildman–Crippen LogP) is 3.14. The number of anilines is 1. The number of carbonyl (C=O) groups excluding carboxylic acids is 2. The molecule has 52 heavy (non-hydrogen) atoms. The molecule has 1 atom stereocenters. The van der Waals surface area contributed by atoms with Crippen LogP contribution in [0.15, 0.2) is 71.6 Å². The minimum Gasteiger partial charge on any atom is -0.497 e. The molecule has 14 heteroatoms. The molecule has 0 unspecified atom stereocenters. The van der Waals surface area contributed by atoms with Crippen LogP contribution in [0.4, 0.5) is 10.5 Å². The summed E-state index contributed by atoms with van der Waals surface area (Å²) in [7, 11) is -3.04. The molecule has 0 bridgehead atoms. The van der Waals surface area contributed by atoms with Crippen molar-refractivity contribution in [2.24, 2.45) is 5.41 Å². The molecule has 3 aromatic rings. The Bertz CT molecular complexity index is 2030. The first kappa shape index (κ1) is 34.4. The number of para-hydroxylation sites is 1. The molecular formula is C38H42N6O7S. The SMILES string of the molecule is CCOc1ccccc1[C@]1(NC(=O)N2CC3(C2)CN(C2CCN(C4COC4)CC2)C3)C(=O)N(S(=O)(=O)c2ccc(OC)cc2)c2ccc(C#N)cc21. The molecule has 3 aromatic carbocycles. The third-order valence-electron chi connectivity index (χ3n) is 11.3. The predicted molar refractivity (Wildman–Crippen MR) is 191 cm³/mol. The van der Waals surface area contributed by atoms with Gasteiger partial charge in [0.25, 0.3) is 15.9 Å². The van der Waals surface area contributed by atoms with E-state index in [-0.39, 0.29) is 39.3 Å². The Hall–Kier alpha value is -4.68. The third kappa shape index (κ3) is 5.49. The van der Waals surface area contributed by atoms with Crippen LogP contribution in [-0.4, -0.2) is 113 Å². The van der Waals surface area contributed by atoms with E-state index in [1.807, 2.05) is 0 Å². The Morgan fingerprint density at radius 3 is 2.31 bits per heavy atom. The van der Waals surface area contributed by atoms with Crippen molar-refractivity contribution in [1.82, 2.24) is 20.0 Å². The van der Waals surface area contributed by atoms with Crippen molar-refractivity contribution < 1.29 is 32.2 Å². The number of fused-ring (bicyclic) bond motifs is 1. The topological polar surface area (TPSA) is 145 Å². The van der Waals surface area contributed by atoms with Crippen LogP contribution >= 0.6 is 0 Å². The number of hydrogen-bond donors (Lipinski definition) is 1. The van der Waals surface area contributed by atoms with Gasteiger partial charge in [0.05, 0.1) is 55.2 Å². The lowest BCUT2D eigenvalue weighted by molar-refractivity contribution is -0.129. The normalized spacial score (nSPS) is 23.3. The molecular weight excluding hydrogens is 685 g/mol. The molecule has 5 aliphatic heterocycles. The maximum atomic E-state index is 15.1. The smallest absolute Gasteiger partial charge is 0.318 e. The molecule has 0 radical (unpaired) electrons. The van der Waals surface area contributed by atoms with E-state index in [9.17, 15) is 18.5 Å². The van der Waals surface area contributed by atoms with Crippen LogP contribution in [-0.2, 0) is 25.1 Å². The number of ether oxygens (including phenoxy) is 3. The fourth-order valence-corrected chi connectivity index (χ4v) is 9.99. The Morgan fingerprint density at radius 1 is 0.962 bits per heavy atom. The number of piperidine rings is 1. The minimum absolute atomic E-state index is 0.0119. The number of nitriles is 1. The van der Waals surface area contributed by atoms with Gasteiger partial charge in [0.15, 0.2) is 5.54 Å². The first-order valence-electron chi connectivity index (χ1n) is 17.8. The second-order valence-corrected chi connectivity index (χ2v) is 16.2. The summed E-state index contributed by atoms with van der Waals surface area (Å²) >= 11 is 0. The lowest BCUT2D eigenvalue weighted by atomic mass is 9.71. The van der Waals surface area contributed by atoms with Gasteiger partial charge in [-0.2, -0.15) is 9.57 Å². The maximum absolute atomic E-state index is 15.1. The van der Waals surface area contributed by atoms with E-state index in [0.717, 1.165) is 56.5 Å². The molecule has 3 amide bonds. The Kier molecular flexibility index (Phi) is 8.65. The number of methoxy groups -OCH3 is 1. The summed E-state index contributed by atoms with van der Waals surface area (Å²) in [5.74, 6) is -0.148. The fraction of sp³-hybridized carbons (Fsp3) is 0.447. The van der Waals surface area contributed by atoms with Crippen molar-refractivity contribution >= 4 is 27.6 Å². The molecule has 272 valence electrons. The van der Waals surface area contributed by atoms with Gasteiger partial charge in [-0.15, -0.1) is 0 Å². The lowest BCUT2D eigenvalue weighted by Gasteiger charge is -2.62. The van der Waals surface area contributed by atoms with Crippen molar-refractivity contribution in [3.05, 3.63) is 83.4 Å². The summed E-state index contributed by atoms with van der Waals surface area (Å²) in [6.07, 6.45) is 2.25. The molecule has 5 heterocycles. The van der Waals surface area contributed by atoms with Crippen LogP contribution in [0.5, 0.6) is 11.5 Å². The van der Waals surface area contributed by atoms with Crippen molar-refractivity contribution in [2.45, 2.75) is 42.3 Å². The third-order valence-corrected chi connectivity index (χ3v) is 13.0. The highest BCUT2D eigenvalue weighted by Crippen LogP contribution is 2.50. The number of carbonyl (C=O) groups is 2. The number of amides is 3. The number of sulfonamides is 1. The first-order chi connectivity index (χ1) is 25.1. The largest absolute Gasteiger partial charge is 0.497 e. The first-order valence-corrected chi connectivity index (χ1v) is 19.2. The number of nitrogens with one attached hydrogen (secondary N) is 1. The Labute approximate surface area is 303 Å². The number of likely N-dealkylation sites (tertiary alicyclic amines) is 3. The number of hydrogen-bond acceptors (Lipinski definition) is 10. The van der Waals surface area contributed by atoms with Gasteiger partial charge in [-0.05, 0) is 68.3 Å². The van der Waals surface area contributed by atoms with E-state index < -0.39 is 27.5 Å². The quantitative estimate of drug-likeness (QED) is 0.349. The van der Waals surface area contributed by atoms with Crippen LogP contribution in [0.3, 0.4) is 0 Å². The highest BCUT2D eigenvalue weighted by molar-refractivity contribution is 7.93. The average Bonchev–Trinajstić information content (AvgIpc) is 3.34. The highest BCUT2D eigenvalue weighted by Gasteiger charge is 2.61. The molecule has 4 fully saturated rings. The molecule has 5 aliphatic rings. The van der Waals surface area contributed by atoms with Crippen LogP contribution in [0.2, 0.25) is 0 Å². The number of urea groups is 1. The number of rotatable bonds is 9. The summed E-state index contributed by atoms with van der Waals surface area (Å²) < 4.78 is 46.1. The number of benzene rings is 3. The van der Waals surface area contributed by atoms with Crippen molar-refractivity contribution in [1.29, 1.82) is 5.26 Å². The summed E-state index contributed by atoms with van der Waals surface area (Å²) in [6, 6.07) is 19.6. The minimum atomic E-state index is -4.51. The zero-order chi connectivity index (χ0) is 36.3. The number of nitrogens with zero attached hydrogens (tertiary/aromatic N) is 5. The van der Waals surface area contributed by atoms with Gasteiger partial charge in [-0.1, -0.05) is 18.2 Å². The molecule has 0 aliphatic carbocycles. The lowest BCUT2D eigenvalue weighted by Crippen LogP contribution is -2.76. The van der Waals surface area contributed by atoms with E-state index in [1.165, 1.54) is 49.6 Å². The van der Waals surface area contributed by atoms with E-state index in [2.05, 4.69) is 21.2 Å². The van der Waals surface area contributed by atoms with Gasteiger partial charge >= 0.3 is 6.03 Å². The molecule has 4 saturated heterocycles. The van der Waals surface area contributed by atoms with E-state index >= 15 is 4.79 Å². The Morgan fingerprint density at radius 2 is 1.67 bits per heavy atom. The van der Waals surface area contributed by atoms with Gasteiger partial charge in [0.2, 0.25) is 0 Å². The molecule has 0 saturated carbocycles. The van der Waals surface area contributed by atoms with Gasteiger partial charge < -0.3 is 24.4 Å². The maximum Gasteiger partial charge on any atom is 0.318 e. The van der Waals surface area contributed by atoms with Gasteiger partial charge in [0, 0.05) is 61.9 Å². The summed E-state index contributed by atoms with van der Waals surface area (Å²) in [6.45, 7) is 8.74. The molecule has 0 aromatic heterocycles. The van der Waals surface area contributed by atoms with Crippen LogP contribution in [0, 0.1) is 16.7 Å². The van der Waals surface area contributed by atoms with Gasteiger partial charge in [-0.25, -0.2) is 13.2 Å². The highest BCUT2D eigenvalue weighted by atomic mass is 32.2. The van der Waals surface area contributed by atoms with E-state index in [0.29, 0.717) is 36.7 Å². The Balaban J connectivity index is 1.09. The van der Waals surface area contributed by atoms with Crippen LogP contribution < -0.4 is 19.1 Å². The second-order valence-electron chi connectivity index (χ2n) is 14.4. The van der Waals surface area contributed by atoms with Crippen molar-refractivity contribution in [2.75, 3.05) is 70.5 Å². The van der Waals surface area contributed by atoms with E-state index in [1.54, 1.807) is 36.1 Å². The van der Waals surface area contributed by atoms with Gasteiger partial charge in [-0.3, -0.25) is 14.6 Å². The molecule has 1 spiro atoms. The van der Waals surface area contributed by atoms with Gasteiger partial charge in [0.1, 0.15) is 11.5 Å². The summed E-state index contributed by atoms with van der Waals surface area (Å²) in [4.78, 5) is 36.0. The van der Waals surface area contributed by atoms with Crippen molar-refractivity contribution in [3.8, 4) is 17.6 Å². The summed E-state index contributed by atoms with van der Waals surface area (Å²) in [5, 5.41) is 13.0. The molecule has 13 nitrogen and oxygen atoms in total. The monoisotopic (exact) mass is 726 g/mol. The zero-order valence-corrected chi connectivity index (χ0v) is 30.1. The standard InChI is InChI=1S/C38H42N6O7S/c1-3-51-34-7-5-4-6-31(34)38(40-36(46)43-24-37(25-43)22-42(23-37)27-14-16-41(17-15-27)28-20-50-21-28)32-18-26(19-39)8-13-33(32)44(35(38)45)52(47,48)30-11-9-29(49-2)10-12-30/h4-13,18,27-28H,3,14-17,20-25H2,1-2H3,(H,40,46)/t38-/m1/s1. The molecule has 1 N–H and O–H groups in total. The molecule has 8 rings (SSSR count). The zero-order valence-electron chi connectivity index (χ0n) is 29.3. The van der Waals surface area contributed by atoms with Crippen LogP contribution in [0.1, 0.15) is 36.5 Å². The van der Waals surface area contributed by atoms with Crippen molar-refractivity contribution in [3.63, 3.8) is 0 Å².